The zero-order valence-electron chi connectivity index (χ0n) is 26.3. The van der Waals surface area contributed by atoms with E-state index >= 15 is 0 Å². The third-order valence-corrected chi connectivity index (χ3v) is 10.2. The number of benzene rings is 10. The smallest absolute Gasteiger partial charge is 0.00137 e. The van der Waals surface area contributed by atoms with Gasteiger partial charge in [-0.2, -0.15) is 0 Å². The molecule has 0 heteroatoms. The Morgan fingerprint density at radius 2 is 0.604 bits per heavy atom. The highest BCUT2D eigenvalue weighted by atomic mass is 14.3. The molecule has 0 spiro atoms. The van der Waals surface area contributed by atoms with Crippen LogP contribution in [0.5, 0.6) is 0 Å². The van der Waals surface area contributed by atoms with Crippen LogP contribution in [-0.4, -0.2) is 0 Å². The predicted octanol–water partition coefficient (Wildman–Crippen LogP) is 13.6. The molecule has 0 fully saturated rings. The van der Waals surface area contributed by atoms with Crippen LogP contribution in [0.2, 0.25) is 0 Å². The Bertz CT molecular complexity index is 2880. The van der Waals surface area contributed by atoms with Crippen LogP contribution >= 0.6 is 0 Å². The molecule has 0 heterocycles. The molecule has 0 saturated heterocycles. The molecular formula is C48H30. The van der Waals surface area contributed by atoms with Gasteiger partial charge in [0.15, 0.2) is 0 Å². The van der Waals surface area contributed by atoms with Gasteiger partial charge >= 0.3 is 0 Å². The fourth-order valence-corrected chi connectivity index (χ4v) is 8.09. The summed E-state index contributed by atoms with van der Waals surface area (Å²) in [6.07, 6.45) is 0. The Hall–Kier alpha value is -6.24. The van der Waals surface area contributed by atoms with Crippen molar-refractivity contribution in [1.29, 1.82) is 0 Å². The quantitative estimate of drug-likeness (QED) is 0.176. The van der Waals surface area contributed by atoms with Gasteiger partial charge in [0.05, 0.1) is 0 Å². The Morgan fingerprint density at radius 3 is 1.25 bits per heavy atom. The average Bonchev–Trinajstić information content (AvgIpc) is 3.16. The summed E-state index contributed by atoms with van der Waals surface area (Å²) in [5.74, 6) is 0. The van der Waals surface area contributed by atoms with E-state index in [1.807, 2.05) is 0 Å². The predicted molar refractivity (Wildman–Crippen MR) is 208 cm³/mol. The number of hydrogen-bond donors (Lipinski definition) is 0. The van der Waals surface area contributed by atoms with Gasteiger partial charge in [-0.05, 0) is 104 Å². The number of hydrogen-bond acceptors (Lipinski definition) is 0. The van der Waals surface area contributed by atoms with Crippen LogP contribution in [-0.2, 0) is 0 Å². The first-order valence-electron chi connectivity index (χ1n) is 16.7. The largest absolute Gasteiger partial charge is 0.0616 e. The van der Waals surface area contributed by atoms with Gasteiger partial charge < -0.3 is 0 Å². The Balaban J connectivity index is 1.48. The Kier molecular flexibility index (Phi) is 5.98. The maximum Gasteiger partial charge on any atom is -0.00137 e. The van der Waals surface area contributed by atoms with Crippen molar-refractivity contribution in [2.75, 3.05) is 0 Å². The molecule has 0 aliphatic carbocycles. The summed E-state index contributed by atoms with van der Waals surface area (Å²) in [6, 6.07) is 67.3. The van der Waals surface area contributed by atoms with Gasteiger partial charge in [-0.1, -0.05) is 176 Å². The molecule has 0 N–H and O–H groups in total. The van der Waals surface area contributed by atoms with E-state index in [1.54, 1.807) is 0 Å². The van der Waals surface area contributed by atoms with E-state index in [0.29, 0.717) is 0 Å². The van der Waals surface area contributed by atoms with Crippen LogP contribution in [0.15, 0.2) is 182 Å². The fraction of sp³-hybridized carbons (Fsp3) is 0. The second-order valence-electron chi connectivity index (χ2n) is 12.8. The second-order valence-corrected chi connectivity index (χ2v) is 12.8. The van der Waals surface area contributed by atoms with Gasteiger partial charge in [0.1, 0.15) is 0 Å². The molecule has 0 amide bonds. The van der Waals surface area contributed by atoms with Gasteiger partial charge in [0.25, 0.3) is 0 Å². The Morgan fingerprint density at radius 1 is 0.188 bits per heavy atom. The molecule has 0 atom stereocenters. The fourth-order valence-electron chi connectivity index (χ4n) is 8.09. The normalized spacial score (nSPS) is 11.8. The molecule has 0 aromatic heterocycles. The van der Waals surface area contributed by atoms with E-state index in [-0.39, 0.29) is 0 Å². The van der Waals surface area contributed by atoms with Crippen molar-refractivity contribution in [1.82, 2.24) is 0 Å². The number of fused-ring (bicyclic) bond motifs is 8. The van der Waals surface area contributed by atoms with Crippen molar-refractivity contribution in [3.63, 3.8) is 0 Å². The number of rotatable bonds is 3. The third-order valence-electron chi connectivity index (χ3n) is 10.2. The zero-order chi connectivity index (χ0) is 31.6. The molecule has 10 aromatic rings. The highest BCUT2D eigenvalue weighted by Gasteiger charge is 2.23. The summed E-state index contributed by atoms with van der Waals surface area (Å²) in [4.78, 5) is 0. The van der Waals surface area contributed by atoms with E-state index in [2.05, 4.69) is 182 Å². The SMILES string of the molecule is c1ccc2c(-c3cc4c(ccc5ccccc54)c(-c4cccc5c4ccc4ccccc45)c3-c3cccc4ccccc34)cccc2c1. The summed E-state index contributed by atoms with van der Waals surface area (Å²) in [5.41, 5.74) is 7.55. The minimum Gasteiger partial charge on any atom is -0.0616 e. The van der Waals surface area contributed by atoms with Crippen LogP contribution in [0.4, 0.5) is 0 Å². The maximum absolute atomic E-state index is 2.47. The highest BCUT2D eigenvalue weighted by molar-refractivity contribution is 6.24. The van der Waals surface area contributed by atoms with E-state index in [4.69, 9.17) is 0 Å². The van der Waals surface area contributed by atoms with Gasteiger partial charge in [0, 0.05) is 0 Å². The third kappa shape index (κ3) is 4.03. The van der Waals surface area contributed by atoms with Crippen molar-refractivity contribution in [3.8, 4) is 33.4 Å². The van der Waals surface area contributed by atoms with Crippen LogP contribution < -0.4 is 0 Å². The lowest BCUT2D eigenvalue weighted by Crippen LogP contribution is -1.96. The summed E-state index contributed by atoms with van der Waals surface area (Å²) in [5, 5.41) is 15.2. The molecule has 10 aromatic carbocycles. The molecule has 0 radical (unpaired) electrons. The first-order valence-corrected chi connectivity index (χ1v) is 16.7. The summed E-state index contributed by atoms with van der Waals surface area (Å²) in [6.45, 7) is 0. The minimum absolute atomic E-state index is 1.24. The van der Waals surface area contributed by atoms with E-state index in [1.165, 1.54) is 98.0 Å². The second kappa shape index (κ2) is 10.7. The summed E-state index contributed by atoms with van der Waals surface area (Å²) >= 11 is 0. The maximum atomic E-state index is 2.47. The molecule has 10 rings (SSSR count). The van der Waals surface area contributed by atoms with Crippen LogP contribution in [0.25, 0.3) is 98.0 Å². The average molecular weight is 607 g/mol. The minimum atomic E-state index is 1.24. The molecule has 0 bridgehead atoms. The molecule has 222 valence electrons. The van der Waals surface area contributed by atoms with Gasteiger partial charge in [-0.3, -0.25) is 0 Å². The summed E-state index contributed by atoms with van der Waals surface area (Å²) in [7, 11) is 0. The van der Waals surface area contributed by atoms with Crippen molar-refractivity contribution in [2.24, 2.45) is 0 Å². The van der Waals surface area contributed by atoms with Crippen LogP contribution in [0.1, 0.15) is 0 Å². The molecule has 0 aliphatic heterocycles. The highest BCUT2D eigenvalue weighted by Crippen LogP contribution is 2.50. The van der Waals surface area contributed by atoms with E-state index < -0.39 is 0 Å². The first-order chi connectivity index (χ1) is 23.8. The molecule has 0 unspecified atom stereocenters. The lowest BCUT2D eigenvalue weighted by molar-refractivity contribution is 1.63. The molecule has 0 saturated carbocycles. The monoisotopic (exact) mass is 606 g/mol. The van der Waals surface area contributed by atoms with Gasteiger partial charge in [0.2, 0.25) is 0 Å². The zero-order valence-corrected chi connectivity index (χ0v) is 26.3. The van der Waals surface area contributed by atoms with Crippen molar-refractivity contribution < 1.29 is 0 Å². The molecule has 0 nitrogen and oxygen atoms in total. The first kappa shape index (κ1) is 26.9. The molecule has 48 heavy (non-hydrogen) atoms. The van der Waals surface area contributed by atoms with Gasteiger partial charge in [-0.25, -0.2) is 0 Å². The lowest BCUT2D eigenvalue weighted by Gasteiger charge is -2.23. The van der Waals surface area contributed by atoms with Crippen molar-refractivity contribution in [2.45, 2.75) is 0 Å². The van der Waals surface area contributed by atoms with Crippen molar-refractivity contribution in [3.05, 3.63) is 182 Å². The standard InChI is InChI=1S/C48H30/c1-5-18-35-31(12-1)16-9-22-40(35)46-30-45-38-21-8-4-15-34(38)27-29-44(45)47(48(46)42-24-10-17-32-13-2-7-20-37(32)42)43-25-11-23-39-36-19-6-3-14-33(36)26-28-41(39)43/h1-30H. The summed E-state index contributed by atoms with van der Waals surface area (Å²) < 4.78 is 0. The van der Waals surface area contributed by atoms with Crippen LogP contribution in [0, 0.1) is 0 Å². The molecule has 0 aliphatic rings. The van der Waals surface area contributed by atoms with E-state index in [9.17, 15) is 0 Å². The van der Waals surface area contributed by atoms with Gasteiger partial charge in [-0.15, -0.1) is 0 Å². The molecular weight excluding hydrogens is 577 g/mol. The van der Waals surface area contributed by atoms with Crippen LogP contribution in [0.3, 0.4) is 0 Å². The van der Waals surface area contributed by atoms with E-state index in [0.717, 1.165) is 0 Å². The Labute approximate surface area is 279 Å². The van der Waals surface area contributed by atoms with Crippen molar-refractivity contribution >= 4 is 64.6 Å². The topological polar surface area (TPSA) is 0 Å². The lowest BCUT2D eigenvalue weighted by atomic mass is 9.80.